The Balaban J connectivity index is 1.79. The molecule has 0 unspecified atom stereocenters. The number of likely N-dealkylation sites (tertiary alicyclic amines) is 1. The molecule has 1 aromatic carbocycles. The van der Waals surface area contributed by atoms with Crippen LogP contribution in [0, 0.1) is 17.7 Å². The minimum atomic E-state index is -1.81. The number of thiophene rings is 1. The topological polar surface area (TPSA) is 92.9 Å². The summed E-state index contributed by atoms with van der Waals surface area (Å²) in [7, 11) is 1.58. The third kappa shape index (κ3) is 3.03. The minimum Gasteiger partial charge on any atom is -0.492 e. The van der Waals surface area contributed by atoms with E-state index in [-0.39, 0.29) is 12.0 Å². The second-order valence-electron chi connectivity index (χ2n) is 6.84. The van der Waals surface area contributed by atoms with E-state index in [2.05, 4.69) is 11.8 Å². The number of amides is 2. The lowest BCUT2D eigenvalue weighted by atomic mass is 10.0. The maximum atomic E-state index is 14.6. The molecule has 6 nitrogen and oxygen atoms in total. The molecule has 0 saturated carbocycles. The highest BCUT2D eigenvalue weighted by Gasteiger charge is 2.42. The summed E-state index contributed by atoms with van der Waals surface area (Å²) in [5, 5.41) is 10.4. The number of likely N-dealkylation sites (N-methyl/N-ethyl adjacent to an activating group) is 1. The number of carbonyl (C=O) groups is 2. The molecule has 28 heavy (non-hydrogen) atoms. The van der Waals surface area contributed by atoms with E-state index in [0.29, 0.717) is 35.8 Å². The zero-order valence-electron chi connectivity index (χ0n) is 15.0. The van der Waals surface area contributed by atoms with Gasteiger partial charge in [-0.3, -0.25) is 9.59 Å². The highest BCUT2D eigenvalue weighted by Crippen LogP contribution is 2.41. The minimum absolute atomic E-state index is 0.0417. The zero-order valence-corrected chi connectivity index (χ0v) is 15.9. The Morgan fingerprint density at radius 2 is 2.21 bits per heavy atom. The van der Waals surface area contributed by atoms with E-state index in [4.69, 9.17) is 10.5 Å². The molecule has 4 rings (SSSR count). The van der Waals surface area contributed by atoms with Crippen LogP contribution in [-0.4, -0.2) is 47.6 Å². The van der Waals surface area contributed by atoms with Crippen molar-refractivity contribution in [3.8, 4) is 28.0 Å². The molecule has 1 atom stereocenters. The van der Waals surface area contributed by atoms with E-state index in [0.717, 1.165) is 10.4 Å². The first-order chi connectivity index (χ1) is 13.3. The molecule has 8 heteroatoms. The van der Waals surface area contributed by atoms with Gasteiger partial charge < -0.3 is 20.5 Å². The Morgan fingerprint density at radius 3 is 2.89 bits per heavy atom. The van der Waals surface area contributed by atoms with Crippen molar-refractivity contribution in [1.29, 1.82) is 0 Å². The van der Waals surface area contributed by atoms with Crippen LogP contribution in [0.3, 0.4) is 0 Å². The number of benzene rings is 1. The van der Waals surface area contributed by atoms with Gasteiger partial charge in [0.2, 0.25) is 5.60 Å². The van der Waals surface area contributed by atoms with Gasteiger partial charge in [-0.1, -0.05) is 11.8 Å². The van der Waals surface area contributed by atoms with Crippen LogP contribution in [0.5, 0.6) is 5.75 Å². The summed E-state index contributed by atoms with van der Waals surface area (Å²) >= 11 is 1.22. The van der Waals surface area contributed by atoms with Crippen LogP contribution in [0.4, 0.5) is 4.39 Å². The van der Waals surface area contributed by atoms with Gasteiger partial charge >= 0.3 is 0 Å². The van der Waals surface area contributed by atoms with Crippen LogP contribution in [0.15, 0.2) is 18.2 Å². The molecule has 0 bridgehead atoms. The molecule has 0 radical (unpaired) electrons. The maximum Gasteiger partial charge on any atom is 0.267 e. The quantitative estimate of drug-likeness (QED) is 0.710. The van der Waals surface area contributed by atoms with Crippen molar-refractivity contribution < 1.29 is 23.8 Å². The van der Waals surface area contributed by atoms with Crippen LogP contribution >= 0.6 is 11.3 Å². The molecular weight excluding hydrogens is 383 g/mol. The standard InChI is InChI=1S/C20H17FN2O4S/c1-23-6-5-20(26,19(23)25)4-2-11-8-13-15(10-14(11)21)27-7-3-12-9-16(18(22)24)28-17(12)13/h8-10,26H,3,5-7H2,1H3,(H2,22,24)/t20-/m0/s1. The second-order valence-corrected chi connectivity index (χ2v) is 7.90. The van der Waals surface area contributed by atoms with Crippen molar-refractivity contribution in [3.05, 3.63) is 40.0 Å². The molecule has 1 fully saturated rings. The number of carbonyl (C=O) groups excluding carboxylic acids is 2. The van der Waals surface area contributed by atoms with Gasteiger partial charge in [-0.2, -0.15) is 0 Å². The summed E-state index contributed by atoms with van der Waals surface area (Å²) in [5.74, 6) is 3.87. The Kier molecular flexibility index (Phi) is 4.37. The number of halogens is 1. The van der Waals surface area contributed by atoms with Gasteiger partial charge in [-0.15, -0.1) is 11.3 Å². The highest BCUT2D eigenvalue weighted by molar-refractivity contribution is 7.17. The van der Waals surface area contributed by atoms with Crippen molar-refractivity contribution in [1.82, 2.24) is 4.90 Å². The number of aliphatic hydroxyl groups is 1. The molecule has 2 aromatic rings. The molecule has 144 valence electrons. The molecule has 2 aliphatic rings. The van der Waals surface area contributed by atoms with Crippen molar-refractivity contribution in [2.24, 2.45) is 5.73 Å². The average Bonchev–Trinajstić information content (AvgIpc) is 3.14. The van der Waals surface area contributed by atoms with Crippen molar-refractivity contribution in [2.45, 2.75) is 18.4 Å². The summed E-state index contributed by atoms with van der Waals surface area (Å²) in [6.45, 7) is 0.735. The second kappa shape index (κ2) is 6.62. The lowest BCUT2D eigenvalue weighted by molar-refractivity contribution is -0.137. The fourth-order valence-corrected chi connectivity index (χ4v) is 4.41. The highest BCUT2D eigenvalue weighted by atomic mass is 32.1. The number of hydrogen-bond acceptors (Lipinski definition) is 5. The average molecular weight is 400 g/mol. The Morgan fingerprint density at radius 1 is 1.43 bits per heavy atom. The normalized spacial score (nSPS) is 20.5. The van der Waals surface area contributed by atoms with E-state index in [9.17, 15) is 19.1 Å². The van der Waals surface area contributed by atoms with Gasteiger partial charge in [0, 0.05) is 42.9 Å². The molecule has 1 saturated heterocycles. The van der Waals surface area contributed by atoms with E-state index in [1.807, 2.05) is 0 Å². The van der Waals surface area contributed by atoms with Crippen LogP contribution in [0.25, 0.3) is 10.4 Å². The van der Waals surface area contributed by atoms with Gasteiger partial charge in [0.15, 0.2) is 0 Å². The number of nitrogens with zero attached hydrogens (tertiary/aromatic N) is 1. The smallest absolute Gasteiger partial charge is 0.267 e. The monoisotopic (exact) mass is 400 g/mol. The van der Waals surface area contributed by atoms with Crippen molar-refractivity contribution in [3.63, 3.8) is 0 Å². The summed E-state index contributed by atoms with van der Waals surface area (Å²) in [4.78, 5) is 26.2. The number of primary amides is 1. The van der Waals surface area contributed by atoms with Crippen LogP contribution in [-0.2, 0) is 11.2 Å². The summed E-state index contributed by atoms with van der Waals surface area (Å²) in [6.07, 6.45) is 0.735. The molecule has 1 aromatic heterocycles. The molecule has 2 aliphatic heterocycles. The van der Waals surface area contributed by atoms with Gasteiger partial charge in [-0.25, -0.2) is 4.39 Å². The molecule has 0 spiro atoms. The summed E-state index contributed by atoms with van der Waals surface area (Å²) in [6, 6.07) is 4.49. The first-order valence-electron chi connectivity index (χ1n) is 8.69. The summed E-state index contributed by atoms with van der Waals surface area (Å²) in [5.41, 5.74) is 5.13. The van der Waals surface area contributed by atoms with Crippen molar-refractivity contribution >= 4 is 23.2 Å². The Bertz CT molecular complexity index is 1070. The molecule has 0 aliphatic carbocycles. The van der Waals surface area contributed by atoms with Crippen LogP contribution in [0.2, 0.25) is 0 Å². The van der Waals surface area contributed by atoms with Crippen LogP contribution in [0.1, 0.15) is 27.2 Å². The predicted octanol–water partition coefficient (Wildman–Crippen LogP) is 1.53. The van der Waals surface area contributed by atoms with Crippen molar-refractivity contribution in [2.75, 3.05) is 20.2 Å². The fourth-order valence-electron chi connectivity index (χ4n) is 3.32. The van der Waals surface area contributed by atoms with E-state index < -0.39 is 23.2 Å². The Hall–Kier alpha value is -2.89. The lowest BCUT2D eigenvalue weighted by Gasteiger charge is -2.13. The van der Waals surface area contributed by atoms with Gasteiger partial charge in [0.1, 0.15) is 11.6 Å². The lowest BCUT2D eigenvalue weighted by Crippen LogP contribution is -2.37. The van der Waals surface area contributed by atoms with Gasteiger partial charge in [0.05, 0.1) is 17.0 Å². The molecule has 2 amide bonds. The molecule has 3 heterocycles. The largest absolute Gasteiger partial charge is 0.492 e. The SMILES string of the molecule is CN1CC[C@@](O)(C#Cc2cc3c(cc2F)OCCc2cc(C(N)=O)sc2-3)C1=O. The van der Waals surface area contributed by atoms with Gasteiger partial charge in [0.25, 0.3) is 11.8 Å². The number of ether oxygens (including phenoxy) is 1. The fraction of sp³-hybridized carbons (Fsp3) is 0.300. The zero-order chi connectivity index (χ0) is 20.1. The molecule has 3 N–H and O–H groups in total. The molecular formula is C20H17FN2O4S. The maximum absolute atomic E-state index is 14.6. The first kappa shape index (κ1) is 18.5. The van der Waals surface area contributed by atoms with E-state index >= 15 is 0 Å². The van der Waals surface area contributed by atoms with Gasteiger partial charge in [-0.05, 0) is 17.7 Å². The van der Waals surface area contributed by atoms with E-state index in [1.54, 1.807) is 13.1 Å². The Labute approximate surface area is 164 Å². The summed E-state index contributed by atoms with van der Waals surface area (Å²) < 4.78 is 20.2. The third-order valence-electron chi connectivity index (χ3n) is 4.91. The number of nitrogens with two attached hydrogens (primary N) is 1. The first-order valence-corrected chi connectivity index (χ1v) is 9.50. The number of fused-ring (bicyclic) bond motifs is 3. The third-order valence-corrected chi connectivity index (χ3v) is 6.13. The van der Waals surface area contributed by atoms with Crippen LogP contribution < -0.4 is 10.5 Å². The number of hydrogen-bond donors (Lipinski definition) is 2. The predicted molar refractivity (Wildman–Crippen MR) is 102 cm³/mol. The number of rotatable bonds is 1. The van der Waals surface area contributed by atoms with E-state index in [1.165, 1.54) is 28.4 Å².